The number of nitrogens with zero attached hydrogens (tertiary/aromatic N) is 1. The van der Waals surface area contributed by atoms with Crippen LogP contribution in [-0.4, -0.2) is 41.6 Å². The summed E-state index contributed by atoms with van der Waals surface area (Å²) in [4.78, 5) is 13.9. The SMILES string of the molecule is C.CN(CCc1ccccc1)C(=O)c1ccc(B(O)O)cc1. The molecule has 0 aliphatic carbocycles. The first-order valence-corrected chi connectivity index (χ1v) is 6.83. The Morgan fingerprint density at radius 1 is 1.05 bits per heavy atom. The molecule has 2 aromatic carbocycles. The molecule has 2 N–H and O–H groups in total. The Hall–Kier alpha value is -2.11. The Kier molecular flexibility index (Phi) is 6.82. The standard InChI is InChI=1S/C16H18BNO3.CH4/c1-18(12-11-13-5-3-2-4-6-13)16(19)14-7-9-15(10-8-14)17(20)21;/h2-10,20-21H,11-12H2,1H3;1H4. The lowest BCUT2D eigenvalue weighted by molar-refractivity contribution is 0.0796. The molecule has 0 fully saturated rings. The van der Waals surface area contributed by atoms with Crippen LogP contribution in [0.25, 0.3) is 0 Å². The number of hydrogen-bond acceptors (Lipinski definition) is 3. The number of likely N-dealkylation sites (N-methyl/N-ethyl adjacent to an activating group) is 1. The lowest BCUT2D eigenvalue weighted by atomic mass is 9.80. The van der Waals surface area contributed by atoms with Crippen molar-refractivity contribution in [3.8, 4) is 0 Å². The second kappa shape index (κ2) is 8.36. The molecule has 2 aromatic rings. The minimum absolute atomic E-state index is 0. The molecule has 0 heterocycles. The molecule has 22 heavy (non-hydrogen) atoms. The van der Waals surface area contributed by atoms with Gasteiger partial charge < -0.3 is 14.9 Å². The van der Waals surface area contributed by atoms with E-state index in [0.717, 1.165) is 6.42 Å². The average Bonchev–Trinajstić information content (AvgIpc) is 2.53. The molecule has 0 spiro atoms. The molecule has 5 heteroatoms. The van der Waals surface area contributed by atoms with E-state index < -0.39 is 7.12 Å². The number of benzene rings is 2. The van der Waals surface area contributed by atoms with Gasteiger partial charge in [-0.2, -0.15) is 0 Å². The summed E-state index contributed by atoms with van der Waals surface area (Å²) in [6.45, 7) is 0.632. The molecule has 0 atom stereocenters. The molecule has 116 valence electrons. The minimum atomic E-state index is -1.51. The predicted octanol–water partition coefficient (Wildman–Crippen LogP) is 1.32. The maximum absolute atomic E-state index is 12.2. The Morgan fingerprint density at radius 3 is 2.18 bits per heavy atom. The molecular weight excluding hydrogens is 277 g/mol. The van der Waals surface area contributed by atoms with Crippen LogP contribution in [0.1, 0.15) is 23.3 Å². The van der Waals surface area contributed by atoms with Crippen LogP contribution in [0.2, 0.25) is 0 Å². The molecule has 0 bridgehead atoms. The summed E-state index contributed by atoms with van der Waals surface area (Å²) >= 11 is 0. The number of rotatable bonds is 5. The van der Waals surface area contributed by atoms with Crippen LogP contribution < -0.4 is 5.46 Å². The molecule has 4 nitrogen and oxygen atoms in total. The van der Waals surface area contributed by atoms with E-state index >= 15 is 0 Å². The molecule has 0 saturated carbocycles. The molecule has 0 aliphatic heterocycles. The smallest absolute Gasteiger partial charge is 0.423 e. The van der Waals surface area contributed by atoms with Crippen LogP contribution in [-0.2, 0) is 6.42 Å². The number of amides is 1. The molecule has 2 rings (SSSR count). The highest BCUT2D eigenvalue weighted by atomic mass is 16.4. The lowest BCUT2D eigenvalue weighted by Gasteiger charge is -2.17. The highest BCUT2D eigenvalue weighted by molar-refractivity contribution is 6.58. The Morgan fingerprint density at radius 2 is 1.64 bits per heavy atom. The van der Waals surface area contributed by atoms with E-state index in [4.69, 9.17) is 10.0 Å². The van der Waals surface area contributed by atoms with Gasteiger partial charge in [0.2, 0.25) is 0 Å². The third-order valence-corrected chi connectivity index (χ3v) is 3.38. The number of carbonyl (C=O) groups is 1. The van der Waals surface area contributed by atoms with E-state index in [9.17, 15) is 4.79 Å². The van der Waals surface area contributed by atoms with Crippen molar-refractivity contribution in [2.24, 2.45) is 0 Å². The van der Waals surface area contributed by atoms with Crippen molar-refractivity contribution in [2.45, 2.75) is 13.8 Å². The van der Waals surface area contributed by atoms with Crippen molar-refractivity contribution < 1.29 is 14.8 Å². The first-order chi connectivity index (χ1) is 10.1. The van der Waals surface area contributed by atoms with Crippen molar-refractivity contribution >= 4 is 18.5 Å². The van der Waals surface area contributed by atoms with Crippen LogP contribution in [0.3, 0.4) is 0 Å². The molecule has 0 radical (unpaired) electrons. The second-order valence-electron chi connectivity index (χ2n) is 4.96. The highest BCUT2D eigenvalue weighted by Gasteiger charge is 2.14. The molecule has 0 aromatic heterocycles. The normalized spacial score (nSPS) is 9.77. The summed E-state index contributed by atoms with van der Waals surface area (Å²) in [6.07, 6.45) is 0.802. The van der Waals surface area contributed by atoms with Crippen molar-refractivity contribution in [3.05, 3.63) is 65.7 Å². The van der Waals surface area contributed by atoms with Gasteiger partial charge in [0.1, 0.15) is 0 Å². The zero-order valence-electron chi connectivity index (χ0n) is 11.9. The minimum Gasteiger partial charge on any atom is -0.423 e. The van der Waals surface area contributed by atoms with Gasteiger partial charge in [-0.3, -0.25) is 4.79 Å². The summed E-state index contributed by atoms with van der Waals surface area (Å²) in [5.41, 5.74) is 2.10. The van der Waals surface area contributed by atoms with Gasteiger partial charge in [-0.25, -0.2) is 0 Å². The largest absolute Gasteiger partial charge is 0.488 e. The summed E-state index contributed by atoms with van der Waals surface area (Å²) in [6, 6.07) is 16.3. The van der Waals surface area contributed by atoms with E-state index in [1.165, 1.54) is 5.56 Å². The maximum atomic E-state index is 12.2. The van der Waals surface area contributed by atoms with E-state index in [1.807, 2.05) is 30.3 Å². The van der Waals surface area contributed by atoms with Gasteiger partial charge in [0.25, 0.3) is 5.91 Å². The van der Waals surface area contributed by atoms with Crippen molar-refractivity contribution in [2.75, 3.05) is 13.6 Å². The lowest BCUT2D eigenvalue weighted by Crippen LogP contribution is -2.31. The fourth-order valence-corrected chi connectivity index (χ4v) is 2.06. The molecular formula is C17H22BNO3. The second-order valence-corrected chi connectivity index (χ2v) is 4.96. The maximum Gasteiger partial charge on any atom is 0.488 e. The van der Waals surface area contributed by atoms with Crippen LogP contribution in [0.15, 0.2) is 54.6 Å². The van der Waals surface area contributed by atoms with Crippen molar-refractivity contribution in [1.82, 2.24) is 4.90 Å². The van der Waals surface area contributed by atoms with E-state index in [-0.39, 0.29) is 13.3 Å². The first-order valence-electron chi connectivity index (χ1n) is 6.83. The number of carbonyl (C=O) groups excluding carboxylic acids is 1. The third kappa shape index (κ3) is 4.72. The molecule has 0 unspecified atom stereocenters. The van der Waals surface area contributed by atoms with E-state index in [0.29, 0.717) is 17.6 Å². The first kappa shape index (κ1) is 17.9. The summed E-state index contributed by atoms with van der Waals surface area (Å²) in [5.74, 6) is -0.0788. The zero-order valence-corrected chi connectivity index (χ0v) is 11.9. The van der Waals surface area contributed by atoms with Crippen molar-refractivity contribution in [3.63, 3.8) is 0 Å². The van der Waals surface area contributed by atoms with Gasteiger partial charge >= 0.3 is 7.12 Å². The summed E-state index contributed by atoms with van der Waals surface area (Å²) in [5, 5.41) is 18.1. The monoisotopic (exact) mass is 299 g/mol. The van der Waals surface area contributed by atoms with Gasteiger partial charge in [0, 0.05) is 19.2 Å². The van der Waals surface area contributed by atoms with Gasteiger partial charge in [0.05, 0.1) is 0 Å². The van der Waals surface area contributed by atoms with Gasteiger partial charge in [-0.1, -0.05) is 49.9 Å². The Bertz CT molecular complexity index is 585. The van der Waals surface area contributed by atoms with Crippen LogP contribution >= 0.6 is 0 Å². The fourth-order valence-electron chi connectivity index (χ4n) is 2.06. The Labute approximate surface area is 132 Å². The molecule has 1 amide bonds. The van der Waals surface area contributed by atoms with E-state index in [2.05, 4.69) is 0 Å². The third-order valence-electron chi connectivity index (χ3n) is 3.38. The summed E-state index contributed by atoms with van der Waals surface area (Å²) in [7, 11) is 0.255. The van der Waals surface area contributed by atoms with Gasteiger partial charge in [-0.15, -0.1) is 0 Å². The summed E-state index contributed by atoms with van der Waals surface area (Å²) < 4.78 is 0. The molecule has 0 aliphatic rings. The van der Waals surface area contributed by atoms with Gasteiger partial charge in [-0.05, 0) is 29.6 Å². The number of hydrogen-bond donors (Lipinski definition) is 2. The van der Waals surface area contributed by atoms with Gasteiger partial charge in [0.15, 0.2) is 0 Å². The Balaban J connectivity index is 0.00000242. The highest BCUT2D eigenvalue weighted by Crippen LogP contribution is 2.05. The van der Waals surface area contributed by atoms with E-state index in [1.54, 1.807) is 36.2 Å². The predicted molar refractivity (Wildman–Crippen MR) is 90.1 cm³/mol. The molecule has 0 saturated heterocycles. The zero-order chi connectivity index (χ0) is 15.2. The van der Waals surface area contributed by atoms with Crippen LogP contribution in [0, 0.1) is 0 Å². The van der Waals surface area contributed by atoms with Crippen LogP contribution in [0.4, 0.5) is 0 Å². The fraction of sp³-hybridized carbons (Fsp3) is 0.235. The van der Waals surface area contributed by atoms with Crippen LogP contribution in [0.5, 0.6) is 0 Å². The topological polar surface area (TPSA) is 60.8 Å². The van der Waals surface area contributed by atoms with Crippen molar-refractivity contribution in [1.29, 1.82) is 0 Å². The quantitative estimate of drug-likeness (QED) is 0.819. The average molecular weight is 299 g/mol.